The van der Waals surface area contributed by atoms with Crippen LogP contribution in [0.2, 0.25) is 0 Å². The van der Waals surface area contributed by atoms with Gasteiger partial charge in [0.25, 0.3) is 0 Å². The average molecular weight is 162 g/mol. The third-order valence-electron chi connectivity index (χ3n) is 1.02. The maximum absolute atomic E-state index is 10.3. The molecule has 0 saturated carbocycles. The van der Waals surface area contributed by atoms with Crippen molar-refractivity contribution in [1.82, 2.24) is 0 Å². The van der Waals surface area contributed by atoms with Crippen LogP contribution in [0, 0.1) is 0 Å². The molecule has 0 amide bonds. The summed E-state index contributed by atoms with van der Waals surface area (Å²) in [5.74, 6) is -0.224. The Kier molecular flexibility index (Phi) is 3.79. The van der Waals surface area contributed by atoms with Crippen LogP contribution in [0.3, 0.4) is 0 Å². The lowest BCUT2D eigenvalue weighted by atomic mass is 10.1. The second-order valence-corrected chi connectivity index (χ2v) is 4.11. The van der Waals surface area contributed by atoms with Gasteiger partial charge < -0.3 is 4.74 Å². The third kappa shape index (κ3) is 7.82. The molecule has 0 spiro atoms. The summed E-state index contributed by atoms with van der Waals surface area (Å²) in [6.07, 6.45) is 0.787. The molecular weight excluding hydrogens is 148 g/mol. The van der Waals surface area contributed by atoms with Gasteiger partial charge in [0, 0.05) is 11.7 Å². The number of esters is 1. The number of thiol groups is 1. The standard InChI is InChI=1S/C7H14O2S/c1-6(8)9-5-4-7(2,3)10/h10H,4-5H2,1-3H3. The molecule has 0 bridgehead atoms. The number of rotatable bonds is 3. The van der Waals surface area contributed by atoms with E-state index in [0.717, 1.165) is 6.42 Å². The van der Waals surface area contributed by atoms with Gasteiger partial charge >= 0.3 is 5.97 Å². The van der Waals surface area contributed by atoms with Crippen molar-refractivity contribution in [2.24, 2.45) is 0 Å². The summed E-state index contributed by atoms with van der Waals surface area (Å²) in [7, 11) is 0. The molecule has 0 atom stereocenters. The molecule has 0 N–H and O–H groups in total. The minimum absolute atomic E-state index is 0.0462. The molecule has 0 rings (SSSR count). The summed E-state index contributed by atoms with van der Waals surface area (Å²) in [5.41, 5.74) is 0. The van der Waals surface area contributed by atoms with Crippen LogP contribution in [0.25, 0.3) is 0 Å². The molecule has 2 nitrogen and oxygen atoms in total. The maximum Gasteiger partial charge on any atom is 0.302 e. The highest BCUT2D eigenvalue weighted by Crippen LogP contribution is 2.16. The molecule has 0 saturated heterocycles. The lowest BCUT2D eigenvalue weighted by molar-refractivity contribution is -0.141. The van der Waals surface area contributed by atoms with Crippen LogP contribution in [-0.4, -0.2) is 17.3 Å². The molecule has 0 aromatic carbocycles. The molecule has 0 aliphatic rings. The van der Waals surface area contributed by atoms with Crippen molar-refractivity contribution in [3.8, 4) is 0 Å². The van der Waals surface area contributed by atoms with E-state index in [1.165, 1.54) is 6.92 Å². The number of hydrogen-bond acceptors (Lipinski definition) is 3. The minimum atomic E-state index is -0.224. The van der Waals surface area contributed by atoms with E-state index < -0.39 is 0 Å². The van der Waals surface area contributed by atoms with Crippen LogP contribution in [0.5, 0.6) is 0 Å². The van der Waals surface area contributed by atoms with E-state index in [-0.39, 0.29) is 10.7 Å². The molecule has 3 heteroatoms. The van der Waals surface area contributed by atoms with Crippen LogP contribution in [0.4, 0.5) is 0 Å². The molecular formula is C7H14O2S. The third-order valence-corrected chi connectivity index (χ3v) is 1.24. The predicted octanol–water partition coefficient (Wildman–Crippen LogP) is 1.65. The van der Waals surface area contributed by atoms with Crippen molar-refractivity contribution in [2.75, 3.05) is 6.61 Å². The zero-order valence-corrected chi connectivity index (χ0v) is 7.57. The van der Waals surface area contributed by atoms with E-state index >= 15 is 0 Å². The molecule has 0 radical (unpaired) electrons. The topological polar surface area (TPSA) is 26.3 Å². The fraction of sp³-hybridized carbons (Fsp3) is 0.857. The highest BCUT2D eigenvalue weighted by molar-refractivity contribution is 7.81. The lowest BCUT2D eigenvalue weighted by Crippen LogP contribution is -2.15. The Labute approximate surface area is 67.4 Å². The van der Waals surface area contributed by atoms with E-state index in [1.54, 1.807) is 0 Å². The van der Waals surface area contributed by atoms with E-state index in [9.17, 15) is 4.79 Å². The van der Waals surface area contributed by atoms with E-state index in [2.05, 4.69) is 12.6 Å². The number of hydrogen-bond donors (Lipinski definition) is 1. The smallest absolute Gasteiger partial charge is 0.302 e. The van der Waals surface area contributed by atoms with Crippen molar-refractivity contribution in [1.29, 1.82) is 0 Å². The SMILES string of the molecule is CC(=O)OCCC(C)(C)S. The number of carbonyl (C=O) groups excluding carboxylic acids is 1. The molecule has 0 heterocycles. The summed E-state index contributed by atoms with van der Waals surface area (Å²) >= 11 is 4.27. The second kappa shape index (κ2) is 3.86. The van der Waals surface area contributed by atoms with Crippen molar-refractivity contribution in [2.45, 2.75) is 31.9 Å². The molecule has 0 aromatic heterocycles. The van der Waals surface area contributed by atoms with Gasteiger partial charge in [-0.1, -0.05) is 13.8 Å². The van der Waals surface area contributed by atoms with Crippen LogP contribution >= 0.6 is 12.6 Å². The molecule has 0 aromatic rings. The molecule has 0 fully saturated rings. The summed E-state index contributed by atoms with van der Waals surface area (Å²) in [6, 6.07) is 0. The van der Waals surface area contributed by atoms with Gasteiger partial charge in [-0.15, -0.1) is 0 Å². The average Bonchev–Trinajstić information content (AvgIpc) is 1.59. The first kappa shape index (κ1) is 9.82. The van der Waals surface area contributed by atoms with Crippen LogP contribution in [0.1, 0.15) is 27.2 Å². The Morgan fingerprint density at radius 2 is 2.10 bits per heavy atom. The summed E-state index contributed by atoms with van der Waals surface area (Å²) in [5, 5.41) is 0. The Balaban J connectivity index is 3.29. The molecule has 10 heavy (non-hydrogen) atoms. The van der Waals surface area contributed by atoms with E-state index in [4.69, 9.17) is 4.74 Å². The zero-order valence-electron chi connectivity index (χ0n) is 6.68. The molecule has 0 unspecified atom stereocenters. The fourth-order valence-corrected chi connectivity index (χ4v) is 0.536. The van der Waals surface area contributed by atoms with Crippen molar-refractivity contribution in [3.63, 3.8) is 0 Å². The first-order chi connectivity index (χ1) is 4.42. The zero-order chi connectivity index (χ0) is 8.20. The van der Waals surface area contributed by atoms with Gasteiger partial charge in [0.05, 0.1) is 6.61 Å². The highest BCUT2D eigenvalue weighted by atomic mass is 32.1. The van der Waals surface area contributed by atoms with Crippen LogP contribution in [0.15, 0.2) is 0 Å². The molecule has 0 aliphatic heterocycles. The van der Waals surface area contributed by atoms with Crippen molar-refractivity contribution < 1.29 is 9.53 Å². The van der Waals surface area contributed by atoms with E-state index in [0.29, 0.717) is 6.61 Å². The van der Waals surface area contributed by atoms with Gasteiger partial charge in [0.2, 0.25) is 0 Å². The van der Waals surface area contributed by atoms with Gasteiger partial charge in [0.15, 0.2) is 0 Å². The Bertz CT molecular complexity index is 115. The minimum Gasteiger partial charge on any atom is -0.466 e. The Hall–Kier alpha value is -0.180. The number of carbonyl (C=O) groups is 1. The van der Waals surface area contributed by atoms with Crippen molar-refractivity contribution in [3.05, 3.63) is 0 Å². The van der Waals surface area contributed by atoms with Gasteiger partial charge in [-0.3, -0.25) is 4.79 Å². The van der Waals surface area contributed by atoms with Gasteiger partial charge in [-0.25, -0.2) is 0 Å². The summed E-state index contributed by atoms with van der Waals surface area (Å²) in [6.45, 7) is 5.84. The van der Waals surface area contributed by atoms with Gasteiger partial charge in [-0.2, -0.15) is 12.6 Å². The monoisotopic (exact) mass is 162 g/mol. The van der Waals surface area contributed by atoms with E-state index in [1.807, 2.05) is 13.8 Å². The summed E-state index contributed by atoms with van der Waals surface area (Å²) < 4.78 is 4.68. The summed E-state index contributed by atoms with van der Waals surface area (Å²) in [4.78, 5) is 10.3. The lowest BCUT2D eigenvalue weighted by Gasteiger charge is -2.15. The molecule has 0 aliphatic carbocycles. The van der Waals surface area contributed by atoms with Crippen LogP contribution < -0.4 is 0 Å². The second-order valence-electron chi connectivity index (χ2n) is 2.90. The maximum atomic E-state index is 10.3. The first-order valence-corrected chi connectivity index (χ1v) is 3.72. The fourth-order valence-electron chi connectivity index (χ4n) is 0.445. The first-order valence-electron chi connectivity index (χ1n) is 3.27. The van der Waals surface area contributed by atoms with Gasteiger partial charge in [0.1, 0.15) is 0 Å². The normalized spacial score (nSPS) is 11.2. The predicted molar refractivity (Wildman–Crippen MR) is 44.3 cm³/mol. The highest BCUT2D eigenvalue weighted by Gasteiger charge is 2.10. The van der Waals surface area contributed by atoms with Crippen molar-refractivity contribution >= 4 is 18.6 Å². The van der Waals surface area contributed by atoms with Crippen LogP contribution in [-0.2, 0) is 9.53 Å². The van der Waals surface area contributed by atoms with Gasteiger partial charge in [-0.05, 0) is 6.42 Å². The Morgan fingerprint density at radius 1 is 1.60 bits per heavy atom. The largest absolute Gasteiger partial charge is 0.466 e. The quantitative estimate of drug-likeness (QED) is 0.504. The molecule has 60 valence electrons. The number of ether oxygens (including phenoxy) is 1. The Morgan fingerprint density at radius 3 is 2.40 bits per heavy atom.